The van der Waals surface area contributed by atoms with Crippen molar-refractivity contribution in [3.63, 3.8) is 0 Å². The number of rotatable bonds is 9. The zero-order valence-electron chi connectivity index (χ0n) is 20.0. The van der Waals surface area contributed by atoms with Gasteiger partial charge in [-0.2, -0.15) is 0 Å². The molecule has 1 fully saturated rings. The topological polar surface area (TPSA) is 69.9 Å². The van der Waals surface area contributed by atoms with E-state index >= 15 is 0 Å². The molecule has 0 spiro atoms. The number of hydrogen-bond donors (Lipinski definition) is 1. The first kappa shape index (κ1) is 22.8. The Morgan fingerprint density at radius 2 is 1.83 bits per heavy atom. The van der Waals surface area contributed by atoms with E-state index in [9.17, 15) is 9.90 Å². The number of carbonyl (C=O) groups is 1. The Hall–Kier alpha value is -3.93. The van der Waals surface area contributed by atoms with E-state index < -0.39 is 5.97 Å². The molecule has 0 aliphatic heterocycles. The number of ether oxygens (including phenoxy) is 3. The molecule has 0 saturated heterocycles. The van der Waals surface area contributed by atoms with Gasteiger partial charge in [-0.25, -0.2) is 4.79 Å². The molecule has 0 atom stereocenters. The van der Waals surface area contributed by atoms with Crippen molar-refractivity contribution in [2.45, 2.75) is 26.3 Å². The van der Waals surface area contributed by atoms with Gasteiger partial charge in [-0.3, -0.25) is 0 Å². The Kier molecular flexibility index (Phi) is 6.36. The molecule has 4 aromatic rings. The third kappa shape index (κ3) is 4.83. The minimum Gasteiger partial charge on any atom is -0.508 e. The van der Waals surface area contributed by atoms with Crippen LogP contribution in [-0.4, -0.2) is 36.0 Å². The Labute approximate surface area is 204 Å². The Morgan fingerprint density at radius 3 is 2.54 bits per heavy atom. The number of fused-ring (bicyclic) bond motifs is 1. The first-order chi connectivity index (χ1) is 17.1. The van der Waals surface area contributed by atoms with E-state index in [0.29, 0.717) is 18.2 Å². The zero-order chi connectivity index (χ0) is 24.4. The minimum absolute atomic E-state index is 0.136. The highest BCUT2D eigenvalue weighted by Crippen LogP contribution is 2.39. The van der Waals surface area contributed by atoms with E-state index in [1.54, 1.807) is 26.2 Å². The molecule has 1 aliphatic rings. The lowest BCUT2D eigenvalue weighted by Gasteiger charge is -2.13. The molecule has 0 amide bonds. The second-order valence-electron chi connectivity index (χ2n) is 8.86. The Morgan fingerprint density at radius 1 is 1.03 bits per heavy atom. The van der Waals surface area contributed by atoms with Crippen LogP contribution < -0.4 is 9.47 Å². The highest BCUT2D eigenvalue weighted by atomic mass is 16.5. The second kappa shape index (κ2) is 9.74. The predicted octanol–water partition coefficient (Wildman–Crippen LogP) is 6.04. The molecule has 1 aliphatic carbocycles. The third-order valence-corrected chi connectivity index (χ3v) is 6.32. The molecule has 1 N–H and O–H groups in total. The minimum atomic E-state index is -0.407. The van der Waals surface area contributed by atoms with Gasteiger partial charge in [0.2, 0.25) is 0 Å². The Bertz CT molecular complexity index is 1350. The smallest absolute Gasteiger partial charge is 0.355 e. The molecule has 0 unspecified atom stereocenters. The summed E-state index contributed by atoms with van der Waals surface area (Å²) in [6.07, 6.45) is 2.47. The summed E-state index contributed by atoms with van der Waals surface area (Å²) in [5.41, 5.74) is 3.84. The average Bonchev–Trinajstić information content (AvgIpc) is 3.65. The lowest BCUT2D eigenvalue weighted by atomic mass is 10.0. The Balaban J connectivity index is 1.64. The molecule has 1 aromatic heterocycles. The van der Waals surface area contributed by atoms with Crippen molar-refractivity contribution in [2.24, 2.45) is 5.92 Å². The number of phenols is 1. The molecule has 0 bridgehead atoms. The molecule has 3 aromatic carbocycles. The van der Waals surface area contributed by atoms with Crippen molar-refractivity contribution < 1.29 is 24.1 Å². The van der Waals surface area contributed by atoms with E-state index in [1.165, 1.54) is 12.8 Å². The summed E-state index contributed by atoms with van der Waals surface area (Å²) < 4.78 is 18.7. The number of methoxy groups -OCH3 is 1. The second-order valence-corrected chi connectivity index (χ2v) is 8.86. The highest BCUT2D eigenvalue weighted by Gasteiger charge is 2.26. The van der Waals surface area contributed by atoms with Crippen LogP contribution in [0.25, 0.3) is 22.0 Å². The molecular formula is C29H29NO5. The van der Waals surface area contributed by atoms with Crippen LogP contribution in [0.4, 0.5) is 0 Å². The number of benzene rings is 3. The van der Waals surface area contributed by atoms with Crippen LogP contribution in [-0.2, 0) is 11.3 Å². The largest absolute Gasteiger partial charge is 0.508 e. The molecule has 5 rings (SSSR count). The molecule has 0 radical (unpaired) electrons. The van der Waals surface area contributed by atoms with Crippen LogP contribution in [0.3, 0.4) is 0 Å². The van der Waals surface area contributed by atoms with Crippen molar-refractivity contribution >= 4 is 16.9 Å². The van der Waals surface area contributed by atoms with E-state index in [4.69, 9.17) is 14.2 Å². The number of aromatic hydroxyl groups is 1. The summed E-state index contributed by atoms with van der Waals surface area (Å²) in [5, 5.41) is 11.1. The van der Waals surface area contributed by atoms with Gasteiger partial charge in [-0.15, -0.1) is 0 Å². The SMILES string of the molecule is CCOC(=O)c1c(-c2ccc(OCC3CC3)cc2)c2cc(O)ccc2n1Cc1cccc(OC)c1. The summed E-state index contributed by atoms with van der Waals surface area (Å²) in [7, 11) is 1.63. The van der Waals surface area contributed by atoms with E-state index in [-0.39, 0.29) is 12.4 Å². The van der Waals surface area contributed by atoms with Crippen molar-refractivity contribution in [1.82, 2.24) is 4.57 Å². The number of phenolic OH excluding ortho intramolecular Hbond substituents is 1. The highest BCUT2D eigenvalue weighted by molar-refractivity contribution is 6.09. The summed E-state index contributed by atoms with van der Waals surface area (Å²) in [6, 6.07) is 20.7. The van der Waals surface area contributed by atoms with Crippen molar-refractivity contribution in [1.29, 1.82) is 0 Å². The fourth-order valence-electron chi connectivity index (χ4n) is 4.38. The first-order valence-corrected chi connectivity index (χ1v) is 12.0. The summed E-state index contributed by atoms with van der Waals surface area (Å²) in [4.78, 5) is 13.3. The number of nitrogens with zero attached hydrogens (tertiary/aromatic N) is 1. The lowest BCUT2D eigenvalue weighted by molar-refractivity contribution is 0.0516. The van der Waals surface area contributed by atoms with Gasteiger partial charge in [0, 0.05) is 23.0 Å². The van der Waals surface area contributed by atoms with E-state index in [0.717, 1.165) is 45.7 Å². The number of hydrogen-bond acceptors (Lipinski definition) is 5. The van der Waals surface area contributed by atoms with E-state index in [1.807, 2.05) is 59.2 Å². The number of carbonyl (C=O) groups excluding carboxylic acids is 1. The molecule has 6 nitrogen and oxygen atoms in total. The van der Waals surface area contributed by atoms with Gasteiger partial charge in [0.15, 0.2) is 0 Å². The fourth-order valence-corrected chi connectivity index (χ4v) is 4.38. The molecule has 6 heteroatoms. The van der Waals surface area contributed by atoms with Crippen LogP contribution in [0.15, 0.2) is 66.7 Å². The normalized spacial score (nSPS) is 13.1. The van der Waals surface area contributed by atoms with Gasteiger partial charge >= 0.3 is 5.97 Å². The van der Waals surface area contributed by atoms with Gasteiger partial charge in [0.1, 0.15) is 22.9 Å². The quantitative estimate of drug-likeness (QED) is 0.302. The summed E-state index contributed by atoms with van der Waals surface area (Å²) in [6.45, 7) is 3.24. The van der Waals surface area contributed by atoms with Gasteiger partial charge in [0.25, 0.3) is 0 Å². The molecule has 1 saturated carbocycles. The van der Waals surface area contributed by atoms with Crippen LogP contribution in [0.2, 0.25) is 0 Å². The molecule has 35 heavy (non-hydrogen) atoms. The maximum Gasteiger partial charge on any atom is 0.355 e. The average molecular weight is 472 g/mol. The van der Waals surface area contributed by atoms with Crippen molar-refractivity contribution in [3.8, 4) is 28.4 Å². The summed E-state index contributed by atoms with van der Waals surface area (Å²) >= 11 is 0. The van der Waals surface area contributed by atoms with Gasteiger partial charge in [-0.1, -0.05) is 24.3 Å². The van der Waals surface area contributed by atoms with Crippen molar-refractivity contribution in [2.75, 3.05) is 20.3 Å². The standard InChI is InChI=1S/C29H29NO5/c1-3-34-29(32)28-27(21-9-12-23(13-10-21)35-18-19-7-8-19)25-16-22(31)11-14-26(25)30(28)17-20-5-4-6-24(15-20)33-2/h4-6,9-16,19,31H,3,7-8,17-18H2,1-2H3. The van der Waals surface area contributed by atoms with Crippen LogP contribution in [0.5, 0.6) is 17.2 Å². The fraction of sp³-hybridized carbons (Fsp3) is 0.276. The third-order valence-electron chi connectivity index (χ3n) is 6.32. The van der Waals surface area contributed by atoms with Crippen LogP contribution in [0, 0.1) is 5.92 Å². The zero-order valence-corrected chi connectivity index (χ0v) is 20.0. The maximum absolute atomic E-state index is 13.3. The molecule has 180 valence electrons. The van der Waals surface area contributed by atoms with Gasteiger partial charge < -0.3 is 23.9 Å². The molecular weight excluding hydrogens is 442 g/mol. The predicted molar refractivity (Wildman–Crippen MR) is 135 cm³/mol. The van der Waals surface area contributed by atoms with Crippen molar-refractivity contribution in [3.05, 3.63) is 78.0 Å². The molecule has 1 heterocycles. The summed E-state index contributed by atoms with van der Waals surface area (Å²) in [5.74, 6) is 1.95. The van der Waals surface area contributed by atoms with Gasteiger partial charge in [0.05, 0.1) is 20.3 Å². The monoisotopic (exact) mass is 471 g/mol. The van der Waals surface area contributed by atoms with Crippen LogP contribution >= 0.6 is 0 Å². The van der Waals surface area contributed by atoms with Gasteiger partial charge in [-0.05, 0) is 79.3 Å². The maximum atomic E-state index is 13.3. The first-order valence-electron chi connectivity index (χ1n) is 12.0. The van der Waals surface area contributed by atoms with Crippen LogP contribution in [0.1, 0.15) is 35.8 Å². The number of aromatic nitrogens is 1. The van der Waals surface area contributed by atoms with E-state index in [2.05, 4.69) is 0 Å². The lowest BCUT2D eigenvalue weighted by Crippen LogP contribution is -2.14. The number of esters is 1.